The summed E-state index contributed by atoms with van der Waals surface area (Å²) in [4.78, 5) is 24.0. The fourth-order valence-corrected chi connectivity index (χ4v) is 5.08. The van der Waals surface area contributed by atoms with Crippen LogP contribution in [0.5, 0.6) is 0 Å². The highest BCUT2D eigenvalue weighted by Gasteiger charge is 2.19. The first-order valence-electron chi connectivity index (χ1n) is 9.96. The molecule has 2 fully saturated rings. The van der Waals surface area contributed by atoms with Gasteiger partial charge in [0.2, 0.25) is 5.91 Å². The van der Waals surface area contributed by atoms with Gasteiger partial charge in [0.1, 0.15) is 10.9 Å². The molecule has 0 N–H and O–H groups in total. The molecule has 26 heavy (non-hydrogen) atoms. The lowest BCUT2D eigenvalue weighted by Crippen LogP contribution is -2.29. The van der Waals surface area contributed by atoms with Crippen molar-refractivity contribution in [2.24, 2.45) is 5.92 Å². The molecule has 0 bridgehead atoms. The highest BCUT2D eigenvalue weighted by molar-refractivity contribution is 8.00. The zero-order valence-electron chi connectivity index (χ0n) is 15.3. The summed E-state index contributed by atoms with van der Waals surface area (Å²) in [5.74, 6) is 2.50. The van der Waals surface area contributed by atoms with Crippen molar-refractivity contribution in [1.29, 1.82) is 0 Å². The number of aromatic nitrogens is 2. The summed E-state index contributed by atoms with van der Waals surface area (Å²) >= 11 is 1.57. The molecule has 0 unspecified atom stereocenters. The Labute approximate surface area is 159 Å². The number of para-hydroxylation sites is 1. The molecule has 0 radical (unpaired) electrons. The summed E-state index contributed by atoms with van der Waals surface area (Å²) in [6.07, 6.45) is 9.89. The predicted molar refractivity (Wildman–Crippen MR) is 106 cm³/mol. The van der Waals surface area contributed by atoms with E-state index in [2.05, 4.69) is 12.1 Å². The van der Waals surface area contributed by atoms with Gasteiger partial charge in [-0.25, -0.2) is 9.97 Å². The average molecular weight is 370 g/mol. The number of hydrogen-bond acceptors (Lipinski definition) is 4. The van der Waals surface area contributed by atoms with Gasteiger partial charge >= 0.3 is 0 Å². The molecule has 1 aromatic carbocycles. The lowest BCUT2D eigenvalue weighted by atomic mass is 10.0. The number of aryl methyl sites for hydroxylation is 1. The number of rotatable bonds is 6. The summed E-state index contributed by atoms with van der Waals surface area (Å²) in [5.41, 5.74) is 1.00. The molecule has 4 rings (SSSR count). The molecule has 2 aromatic rings. The van der Waals surface area contributed by atoms with Gasteiger partial charge in [0, 0.05) is 24.9 Å². The van der Waals surface area contributed by atoms with Gasteiger partial charge < -0.3 is 4.90 Å². The Morgan fingerprint density at radius 2 is 1.85 bits per heavy atom. The van der Waals surface area contributed by atoms with Crippen molar-refractivity contribution < 1.29 is 4.79 Å². The molecule has 138 valence electrons. The number of hydrogen-bond donors (Lipinski definition) is 0. The van der Waals surface area contributed by atoms with Crippen molar-refractivity contribution in [3.05, 3.63) is 30.1 Å². The molecule has 1 saturated carbocycles. The number of carbonyl (C=O) groups is 1. The summed E-state index contributed by atoms with van der Waals surface area (Å²) < 4.78 is 0. The summed E-state index contributed by atoms with van der Waals surface area (Å²) in [7, 11) is 0. The number of benzene rings is 1. The van der Waals surface area contributed by atoms with E-state index in [1.807, 2.05) is 17.0 Å². The maximum absolute atomic E-state index is 12.4. The van der Waals surface area contributed by atoms with E-state index in [-0.39, 0.29) is 5.91 Å². The maximum Gasteiger partial charge on any atom is 0.232 e. The van der Waals surface area contributed by atoms with Crippen molar-refractivity contribution in [3.63, 3.8) is 0 Å². The third-order valence-electron chi connectivity index (χ3n) is 5.66. The molecule has 1 saturated heterocycles. The number of thioether (sulfide) groups is 1. The Balaban J connectivity index is 1.48. The lowest BCUT2D eigenvalue weighted by Gasteiger charge is -2.15. The van der Waals surface area contributed by atoms with E-state index in [1.54, 1.807) is 11.8 Å². The van der Waals surface area contributed by atoms with Gasteiger partial charge in [0.25, 0.3) is 0 Å². The van der Waals surface area contributed by atoms with E-state index >= 15 is 0 Å². The first-order valence-corrected chi connectivity index (χ1v) is 10.9. The molecule has 1 amide bonds. The molecule has 2 aliphatic rings. The van der Waals surface area contributed by atoms with Crippen molar-refractivity contribution in [2.45, 2.75) is 56.4 Å². The zero-order chi connectivity index (χ0) is 17.8. The van der Waals surface area contributed by atoms with E-state index in [4.69, 9.17) is 9.97 Å². The van der Waals surface area contributed by atoms with Crippen LogP contribution in [0, 0.1) is 5.92 Å². The van der Waals surface area contributed by atoms with Crippen molar-refractivity contribution in [3.8, 4) is 0 Å². The minimum atomic E-state index is 0.239. The van der Waals surface area contributed by atoms with Gasteiger partial charge in [0.05, 0.1) is 11.3 Å². The molecular formula is C21H27N3OS. The SMILES string of the molecule is O=C(CSc1nc(CCC2CCCC2)nc2ccccc12)N1CCCC1. The van der Waals surface area contributed by atoms with E-state index in [0.717, 1.165) is 60.0 Å². The second-order valence-electron chi connectivity index (χ2n) is 7.53. The van der Waals surface area contributed by atoms with Crippen LogP contribution >= 0.6 is 11.8 Å². The Bertz CT molecular complexity index is 767. The van der Waals surface area contributed by atoms with Gasteiger partial charge in [-0.1, -0.05) is 55.6 Å². The van der Waals surface area contributed by atoms with Crippen LogP contribution in [-0.2, 0) is 11.2 Å². The molecule has 0 atom stereocenters. The Kier molecular flexibility index (Phi) is 5.73. The van der Waals surface area contributed by atoms with Crippen LogP contribution in [-0.4, -0.2) is 39.6 Å². The van der Waals surface area contributed by atoms with Crippen LogP contribution in [0.4, 0.5) is 0 Å². The molecule has 1 aliphatic heterocycles. The summed E-state index contributed by atoms with van der Waals surface area (Å²) in [6.45, 7) is 1.83. The van der Waals surface area contributed by atoms with E-state index in [1.165, 1.54) is 32.1 Å². The average Bonchev–Trinajstić information content (AvgIpc) is 3.38. The highest BCUT2D eigenvalue weighted by Crippen LogP contribution is 2.30. The Morgan fingerprint density at radius 1 is 1.08 bits per heavy atom. The van der Waals surface area contributed by atoms with Crippen LogP contribution in [0.1, 0.15) is 50.8 Å². The van der Waals surface area contributed by atoms with Crippen molar-refractivity contribution in [1.82, 2.24) is 14.9 Å². The minimum Gasteiger partial charge on any atom is -0.342 e. The maximum atomic E-state index is 12.4. The van der Waals surface area contributed by atoms with Gasteiger partial charge in [-0.05, 0) is 31.2 Å². The first kappa shape index (κ1) is 17.8. The first-order chi connectivity index (χ1) is 12.8. The molecule has 4 nitrogen and oxygen atoms in total. The van der Waals surface area contributed by atoms with Crippen LogP contribution in [0.2, 0.25) is 0 Å². The van der Waals surface area contributed by atoms with E-state index in [0.29, 0.717) is 5.75 Å². The van der Waals surface area contributed by atoms with Gasteiger partial charge in [-0.3, -0.25) is 4.79 Å². The minimum absolute atomic E-state index is 0.239. The molecule has 2 heterocycles. The lowest BCUT2D eigenvalue weighted by molar-refractivity contribution is -0.127. The summed E-state index contributed by atoms with van der Waals surface area (Å²) in [5, 5.41) is 2.03. The molecule has 0 spiro atoms. The van der Waals surface area contributed by atoms with E-state index in [9.17, 15) is 4.79 Å². The normalized spacial score (nSPS) is 18.1. The highest BCUT2D eigenvalue weighted by atomic mass is 32.2. The fraction of sp³-hybridized carbons (Fsp3) is 0.571. The third-order valence-corrected chi connectivity index (χ3v) is 6.63. The van der Waals surface area contributed by atoms with Crippen molar-refractivity contribution >= 4 is 28.6 Å². The topological polar surface area (TPSA) is 46.1 Å². The van der Waals surface area contributed by atoms with Crippen LogP contribution in [0.3, 0.4) is 0 Å². The standard InChI is InChI=1S/C21H27N3OS/c25-20(24-13-5-6-14-24)15-26-21-17-9-3-4-10-18(17)22-19(23-21)12-11-16-7-1-2-8-16/h3-4,9-10,16H,1-2,5-8,11-15H2. The van der Waals surface area contributed by atoms with Crippen LogP contribution in [0.25, 0.3) is 10.9 Å². The monoisotopic (exact) mass is 369 g/mol. The number of amides is 1. The Hall–Kier alpha value is -1.62. The fourth-order valence-electron chi connectivity index (χ4n) is 4.14. The molecule has 1 aromatic heterocycles. The quantitative estimate of drug-likeness (QED) is 0.557. The third kappa shape index (κ3) is 4.20. The number of nitrogens with zero attached hydrogens (tertiary/aromatic N) is 3. The van der Waals surface area contributed by atoms with Gasteiger partial charge in [0.15, 0.2) is 0 Å². The largest absolute Gasteiger partial charge is 0.342 e. The number of likely N-dealkylation sites (tertiary alicyclic amines) is 1. The molecular weight excluding hydrogens is 342 g/mol. The number of fused-ring (bicyclic) bond motifs is 1. The molecule has 5 heteroatoms. The van der Waals surface area contributed by atoms with E-state index < -0.39 is 0 Å². The molecule has 1 aliphatic carbocycles. The second kappa shape index (κ2) is 8.38. The Morgan fingerprint density at radius 3 is 2.65 bits per heavy atom. The zero-order valence-corrected chi connectivity index (χ0v) is 16.1. The number of carbonyl (C=O) groups excluding carboxylic acids is 1. The predicted octanol–water partition coefficient (Wildman–Crippen LogP) is 4.47. The van der Waals surface area contributed by atoms with Crippen LogP contribution in [0.15, 0.2) is 29.3 Å². The van der Waals surface area contributed by atoms with Crippen LogP contribution < -0.4 is 0 Å². The van der Waals surface area contributed by atoms with Crippen molar-refractivity contribution in [2.75, 3.05) is 18.8 Å². The summed E-state index contributed by atoms with van der Waals surface area (Å²) in [6, 6.07) is 8.18. The second-order valence-corrected chi connectivity index (χ2v) is 8.49. The van der Waals surface area contributed by atoms with Gasteiger partial charge in [-0.15, -0.1) is 0 Å². The smallest absolute Gasteiger partial charge is 0.232 e. The van der Waals surface area contributed by atoms with Gasteiger partial charge in [-0.2, -0.15) is 0 Å².